The molecule has 0 heterocycles. The molecule has 98 valence electrons. The van der Waals surface area contributed by atoms with Gasteiger partial charge in [0.25, 0.3) is 5.97 Å². The second-order valence-corrected chi connectivity index (χ2v) is 3.38. The van der Waals surface area contributed by atoms with E-state index in [-0.39, 0.29) is 26.2 Å². The smallest absolute Gasteiger partial charge is 0.275 e. The van der Waals surface area contributed by atoms with Crippen molar-refractivity contribution < 1.29 is 30.6 Å². The number of aliphatic hydroxyl groups is 6. The molecule has 0 spiro atoms. The Balaban J connectivity index is 0. The molecule has 0 amide bonds. The van der Waals surface area contributed by atoms with Gasteiger partial charge in [0.1, 0.15) is 0 Å². The summed E-state index contributed by atoms with van der Waals surface area (Å²) in [6.07, 6.45) is 0.566. The van der Waals surface area contributed by atoms with Crippen molar-refractivity contribution in [2.45, 2.75) is 32.7 Å². The van der Waals surface area contributed by atoms with Crippen LogP contribution in [0.25, 0.3) is 0 Å². The molecule has 6 N–H and O–H groups in total. The highest BCUT2D eigenvalue weighted by atomic mass is 16.7. The molecular weight excluding hydrogens is 216 g/mol. The maximum Gasteiger partial charge on any atom is 0.275 e. The van der Waals surface area contributed by atoms with Crippen LogP contribution in [0.3, 0.4) is 0 Å². The van der Waals surface area contributed by atoms with E-state index in [2.05, 4.69) is 0 Å². The van der Waals surface area contributed by atoms with Crippen LogP contribution in [-0.4, -0.2) is 56.4 Å². The van der Waals surface area contributed by atoms with Crippen molar-refractivity contribution in [1.29, 1.82) is 0 Å². The van der Waals surface area contributed by atoms with Gasteiger partial charge in [-0.05, 0) is 24.5 Å². The highest BCUT2D eigenvalue weighted by Crippen LogP contribution is 2.01. The van der Waals surface area contributed by atoms with Crippen molar-refractivity contribution >= 4 is 0 Å². The van der Waals surface area contributed by atoms with Crippen molar-refractivity contribution in [3.8, 4) is 0 Å². The monoisotopic (exact) mass is 238 g/mol. The molecule has 0 fully saturated rings. The van der Waals surface area contributed by atoms with Crippen molar-refractivity contribution in [2.24, 2.45) is 0 Å². The van der Waals surface area contributed by atoms with E-state index < -0.39 is 5.97 Å². The van der Waals surface area contributed by atoms with Gasteiger partial charge in [0.05, 0.1) is 19.8 Å². The zero-order valence-corrected chi connectivity index (χ0v) is 9.72. The van der Waals surface area contributed by atoms with Crippen molar-refractivity contribution in [1.82, 2.24) is 0 Å². The average Bonchev–Trinajstić information content (AvgIpc) is 2.18. The first-order valence-corrected chi connectivity index (χ1v) is 4.99. The molecule has 0 radical (unpaired) electrons. The van der Waals surface area contributed by atoms with Gasteiger partial charge in [0, 0.05) is 6.42 Å². The molecule has 0 unspecified atom stereocenters. The molecule has 16 heavy (non-hydrogen) atoms. The maximum absolute atomic E-state index is 8.50. The van der Waals surface area contributed by atoms with E-state index >= 15 is 0 Å². The summed E-state index contributed by atoms with van der Waals surface area (Å²) in [6, 6.07) is 0. The van der Waals surface area contributed by atoms with Gasteiger partial charge in [-0.2, -0.15) is 0 Å². The fourth-order valence-electron chi connectivity index (χ4n) is 0.767. The Morgan fingerprint density at radius 2 is 1.38 bits per heavy atom. The molecule has 0 aromatic carbocycles. The van der Waals surface area contributed by atoms with Crippen LogP contribution in [0.1, 0.15) is 26.7 Å². The highest BCUT2D eigenvalue weighted by molar-refractivity contribution is 5.12. The van der Waals surface area contributed by atoms with E-state index in [1.165, 1.54) is 0 Å². The molecule has 0 aliphatic carbocycles. The zero-order chi connectivity index (χ0) is 13.2. The summed E-state index contributed by atoms with van der Waals surface area (Å²) in [5.74, 6) is -2.45. The zero-order valence-electron chi connectivity index (χ0n) is 9.72. The first kappa shape index (κ1) is 17.9. The lowest BCUT2D eigenvalue weighted by Gasteiger charge is -2.10. The molecule has 6 heteroatoms. The summed E-state index contributed by atoms with van der Waals surface area (Å²) in [5.41, 5.74) is 1.14. The third kappa shape index (κ3) is 11.6. The lowest BCUT2D eigenvalue weighted by Crippen LogP contribution is -2.26. The predicted molar refractivity (Wildman–Crippen MR) is 58.3 cm³/mol. The third-order valence-corrected chi connectivity index (χ3v) is 1.81. The van der Waals surface area contributed by atoms with E-state index in [1.807, 2.05) is 0 Å². The van der Waals surface area contributed by atoms with Gasteiger partial charge in [-0.3, -0.25) is 0 Å². The molecule has 0 atom stereocenters. The Labute approximate surface area is 95.1 Å². The highest BCUT2D eigenvalue weighted by Gasteiger charge is 2.14. The van der Waals surface area contributed by atoms with E-state index in [1.54, 1.807) is 13.8 Å². The maximum atomic E-state index is 8.50. The Hall–Kier alpha value is -0.500. The Morgan fingerprint density at radius 1 is 0.938 bits per heavy atom. The van der Waals surface area contributed by atoms with Gasteiger partial charge < -0.3 is 30.6 Å². The molecule has 0 saturated heterocycles. The van der Waals surface area contributed by atoms with Crippen molar-refractivity contribution in [3.05, 3.63) is 11.1 Å². The van der Waals surface area contributed by atoms with Crippen LogP contribution in [0.2, 0.25) is 0 Å². The Morgan fingerprint density at radius 3 is 1.44 bits per heavy atom. The Kier molecular flexibility index (Phi) is 10.8. The van der Waals surface area contributed by atoms with Crippen molar-refractivity contribution in [3.63, 3.8) is 0 Å². The lowest BCUT2D eigenvalue weighted by atomic mass is 10.1. The standard InChI is InChI=1S/C6H12O3.C4H10O3/c1-5(2-7)6(3-8)4-9;1-2-3-4(5,6)7/h7-9H,2-4H2,1H3;5-7H,2-3H2,1H3. The topological polar surface area (TPSA) is 121 Å². The summed E-state index contributed by atoms with van der Waals surface area (Å²) in [5, 5.41) is 49.9. The largest absolute Gasteiger partial charge is 0.392 e. The summed E-state index contributed by atoms with van der Waals surface area (Å²) in [4.78, 5) is 0. The molecule has 0 aliphatic heterocycles. The Bertz CT molecular complexity index is 188. The SMILES string of the molecule is CC(CO)=C(CO)CO.CCCC(O)(O)O. The molecule has 6 nitrogen and oxygen atoms in total. The van der Waals surface area contributed by atoms with Gasteiger partial charge in [0.2, 0.25) is 0 Å². The summed E-state index contributed by atoms with van der Waals surface area (Å²) in [6.45, 7) is 2.96. The number of hydrogen-bond acceptors (Lipinski definition) is 6. The third-order valence-electron chi connectivity index (χ3n) is 1.81. The first-order chi connectivity index (χ1) is 7.32. The predicted octanol–water partition coefficient (Wildman–Crippen LogP) is -1.30. The van der Waals surface area contributed by atoms with Crippen LogP contribution in [0.15, 0.2) is 11.1 Å². The van der Waals surface area contributed by atoms with Crippen LogP contribution in [-0.2, 0) is 0 Å². The van der Waals surface area contributed by atoms with Gasteiger partial charge in [-0.25, -0.2) is 0 Å². The lowest BCUT2D eigenvalue weighted by molar-refractivity contribution is -0.314. The minimum absolute atomic E-state index is 0.00694. The van der Waals surface area contributed by atoms with Crippen LogP contribution >= 0.6 is 0 Å². The molecule has 0 bridgehead atoms. The van der Waals surface area contributed by atoms with E-state index in [0.717, 1.165) is 0 Å². The van der Waals surface area contributed by atoms with Crippen LogP contribution in [0.4, 0.5) is 0 Å². The summed E-state index contributed by atoms with van der Waals surface area (Å²) in [7, 11) is 0. The summed E-state index contributed by atoms with van der Waals surface area (Å²) >= 11 is 0. The second-order valence-electron chi connectivity index (χ2n) is 3.38. The fraction of sp³-hybridized carbons (Fsp3) is 0.800. The van der Waals surface area contributed by atoms with Gasteiger partial charge in [0.15, 0.2) is 0 Å². The van der Waals surface area contributed by atoms with Gasteiger partial charge in [-0.1, -0.05) is 6.92 Å². The summed E-state index contributed by atoms with van der Waals surface area (Å²) < 4.78 is 0. The van der Waals surface area contributed by atoms with E-state index in [9.17, 15) is 0 Å². The van der Waals surface area contributed by atoms with E-state index in [4.69, 9.17) is 30.6 Å². The molecular formula is C10H22O6. The van der Waals surface area contributed by atoms with Gasteiger partial charge in [-0.15, -0.1) is 0 Å². The van der Waals surface area contributed by atoms with E-state index in [0.29, 0.717) is 17.6 Å². The average molecular weight is 238 g/mol. The minimum atomic E-state index is -2.45. The molecule has 0 aromatic rings. The number of aliphatic hydroxyl groups excluding tert-OH is 3. The van der Waals surface area contributed by atoms with Crippen LogP contribution < -0.4 is 0 Å². The molecule has 0 saturated carbocycles. The van der Waals surface area contributed by atoms with Crippen LogP contribution in [0.5, 0.6) is 0 Å². The first-order valence-electron chi connectivity index (χ1n) is 4.99. The number of rotatable bonds is 5. The molecule has 0 aliphatic rings. The normalized spacial score (nSPS) is 10.5. The van der Waals surface area contributed by atoms with Crippen molar-refractivity contribution in [2.75, 3.05) is 19.8 Å². The molecule has 0 aromatic heterocycles. The molecule has 0 rings (SSSR count). The quantitative estimate of drug-likeness (QED) is 0.261. The van der Waals surface area contributed by atoms with Crippen LogP contribution in [0, 0.1) is 0 Å². The van der Waals surface area contributed by atoms with Gasteiger partial charge >= 0.3 is 0 Å². The fourth-order valence-corrected chi connectivity index (χ4v) is 0.767. The minimum Gasteiger partial charge on any atom is -0.392 e. The second kappa shape index (κ2) is 9.71. The number of hydrogen-bond donors (Lipinski definition) is 6.